The van der Waals surface area contributed by atoms with Gasteiger partial charge in [-0.05, 0) is 11.5 Å². The number of fused-ring (bicyclic) bond motifs is 1. The molecule has 2 aromatic carbocycles. The molecule has 0 aliphatic carbocycles. The van der Waals surface area contributed by atoms with Crippen LogP contribution in [0.4, 0.5) is 5.69 Å². The van der Waals surface area contributed by atoms with Gasteiger partial charge in [0.1, 0.15) is 11.4 Å². The summed E-state index contributed by atoms with van der Waals surface area (Å²) in [4.78, 5) is 0. The number of phenolic OH excluding ortho intramolecular Hbond substituents is 1. The van der Waals surface area contributed by atoms with E-state index in [9.17, 15) is 5.11 Å². The number of nitrogens with two attached hydrogens (primary N) is 2. The van der Waals surface area contributed by atoms with Crippen molar-refractivity contribution in [2.75, 3.05) is 5.43 Å². The number of phenols is 1. The van der Waals surface area contributed by atoms with E-state index in [4.69, 9.17) is 11.5 Å². The lowest BCUT2D eigenvalue weighted by Gasteiger charge is -2.08. The zero-order valence-corrected chi connectivity index (χ0v) is 10.4. The molecule has 0 aromatic heterocycles. The van der Waals surface area contributed by atoms with Gasteiger partial charge in [0.2, 0.25) is 0 Å². The minimum atomic E-state index is 0.0806. The molecule has 1 aliphatic heterocycles. The summed E-state index contributed by atoms with van der Waals surface area (Å²) in [6.45, 7) is 0. The third kappa shape index (κ3) is 1.91. The summed E-state index contributed by atoms with van der Waals surface area (Å²) in [5, 5.41) is 23.1. The van der Waals surface area contributed by atoms with E-state index in [2.05, 4.69) is 20.7 Å². The van der Waals surface area contributed by atoms with Crippen LogP contribution in [0.5, 0.6) is 5.75 Å². The van der Waals surface area contributed by atoms with Gasteiger partial charge < -0.3 is 16.6 Å². The van der Waals surface area contributed by atoms with Gasteiger partial charge in [0.05, 0.1) is 0 Å². The minimum absolute atomic E-state index is 0.0806. The molecule has 2 aromatic rings. The predicted octanol–water partition coefficient (Wildman–Crippen LogP) is 0.956. The number of nitrogens with one attached hydrogen (secondary N) is 1. The molecule has 0 atom stereocenters. The first kappa shape index (κ1) is 12.0. The molecule has 100 valence electrons. The third-order valence-electron chi connectivity index (χ3n) is 2.94. The van der Waals surface area contributed by atoms with Crippen molar-refractivity contribution in [1.82, 2.24) is 0 Å². The second kappa shape index (κ2) is 4.54. The van der Waals surface area contributed by atoms with Crippen LogP contribution >= 0.6 is 0 Å². The molecule has 1 aliphatic rings. The highest BCUT2D eigenvalue weighted by Gasteiger charge is 2.17. The molecule has 0 radical (unpaired) electrons. The van der Waals surface area contributed by atoms with Crippen molar-refractivity contribution in [3.05, 3.63) is 36.4 Å². The van der Waals surface area contributed by atoms with Gasteiger partial charge in [-0.2, -0.15) is 5.10 Å². The first-order valence-corrected chi connectivity index (χ1v) is 5.88. The van der Waals surface area contributed by atoms with Gasteiger partial charge >= 0.3 is 0 Å². The molecule has 0 saturated carbocycles. The molecule has 3 rings (SSSR count). The molecule has 0 amide bonds. The lowest BCUT2D eigenvalue weighted by molar-refractivity contribution is 0.478. The van der Waals surface area contributed by atoms with E-state index in [1.54, 1.807) is 6.07 Å². The van der Waals surface area contributed by atoms with Crippen LogP contribution < -0.4 is 16.9 Å². The molecule has 6 N–H and O–H groups in total. The second-order valence-electron chi connectivity index (χ2n) is 4.22. The monoisotopic (exact) mass is 268 g/mol. The van der Waals surface area contributed by atoms with Crippen LogP contribution in [0, 0.1) is 0 Å². The normalized spacial score (nSPS) is 14.1. The summed E-state index contributed by atoms with van der Waals surface area (Å²) in [5.41, 5.74) is 14.7. The van der Waals surface area contributed by atoms with Crippen molar-refractivity contribution in [2.24, 2.45) is 26.8 Å². The number of rotatable bonds is 2. The van der Waals surface area contributed by atoms with Crippen LogP contribution in [0.3, 0.4) is 0 Å². The molecule has 7 nitrogen and oxygen atoms in total. The summed E-state index contributed by atoms with van der Waals surface area (Å²) in [7, 11) is 0. The predicted molar refractivity (Wildman–Crippen MR) is 79.9 cm³/mol. The van der Waals surface area contributed by atoms with Gasteiger partial charge in [-0.15, -0.1) is 10.2 Å². The number of nitrogens with zero attached hydrogens (tertiary/aromatic N) is 3. The van der Waals surface area contributed by atoms with E-state index in [1.165, 1.54) is 0 Å². The lowest BCUT2D eigenvalue weighted by Crippen LogP contribution is -2.32. The fourth-order valence-corrected chi connectivity index (χ4v) is 1.94. The fraction of sp³-hybridized carbons (Fsp3) is 0. The van der Waals surface area contributed by atoms with Crippen molar-refractivity contribution in [1.29, 1.82) is 0 Å². The average molecular weight is 268 g/mol. The molecule has 7 heteroatoms. The van der Waals surface area contributed by atoms with Crippen LogP contribution in [0.15, 0.2) is 51.7 Å². The molecular weight excluding hydrogens is 256 g/mol. The Labute approximate surface area is 114 Å². The molecular formula is C13H12N6O. The lowest BCUT2D eigenvalue weighted by atomic mass is 10.1. The highest BCUT2D eigenvalue weighted by Crippen LogP contribution is 2.32. The van der Waals surface area contributed by atoms with Crippen LogP contribution in [0.25, 0.3) is 10.8 Å². The van der Waals surface area contributed by atoms with Gasteiger partial charge in [0.15, 0.2) is 17.4 Å². The van der Waals surface area contributed by atoms with Gasteiger partial charge in [0.25, 0.3) is 0 Å². The summed E-state index contributed by atoms with van der Waals surface area (Å²) in [6.07, 6.45) is 0. The van der Waals surface area contributed by atoms with E-state index in [0.29, 0.717) is 5.69 Å². The molecule has 0 fully saturated rings. The standard InChI is InChI=1S/C13H12N6O/c14-12-11(13(15)19-18-12)17-16-10-8-4-2-1-3-7(8)5-6-9(10)20/h1-6,16,20H,(H4,14,15,17,18,19). The van der Waals surface area contributed by atoms with Crippen LogP contribution in [-0.2, 0) is 0 Å². The Bertz CT molecular complexity index is 758. The number of anilines is 1. The van der Waals surface area contributed by atoms with E-state index >= 15 is 0 Å². The summed E-state index contributed by atoms with van der Waals surface area (Å²) in [5.74, 6) is 0.349. The van der Waals surface area contributed by atoms with E-state index < -0.39 is 0 Å². The van der Waals surface area contributed by atoms with E-state index in [1.807, 2.05) is 30.3 Å². The Kier molecular flexibility index (Phi) is 2.72. The molecule has 0 unspecified atom stereocenters. The quantitative estimate of drug-likeness (QED) is 0.478. The van der Waals surface area contributed by atoms with Gasteiger partial charge in [-0.25, -0.2) is 0 Å². The number of benzene rings is 2. The number of hydrazone groups is 1. The molecule has 0 bridgehead atoms. The maximum absolute atomic E-state index is 9.96. The van der Waals surface area contributed by atoms with Gasteiger partial charge in [-0.1, -0.05) is 30.3 Å². The summed E-state index contributed by atoms with van der Waals surface area (Å²) in [6, 6.07) is 11.0. The fourth-order valence-electron chi connectivity index (χ4n) is 1.94. The first-order valence-electron chi connectivity index (χ1n) is 5.88. The SMILES string of the molecule is NC1=NN=C(N)C1=NNc1c(O)ccc2ccccc12. The van der Waals surface area contributed by atoms with Crippen LogP contribution in [-0.4, -0.2) is 22.5 Å². The van der Waals surface area contributed by atoms with Crippen molar-refractivity contribution in [3.63, 3.8) is 0 Å². The molecule has 0 spiro atoms. The summed E-state index contributed by atoms with van der Waals surface area (Å²) < 4.78 is 0. The van der Waals surface area contributed by atoms with Crippen molar-refractivity contribution in [3.8, 4) is 5.75 Å². The van der Waals surface area contributed by atoms with E-state index in [0.717, 1.165) is 10.8 Å². The zero-order chi connectivity index (χ0) is 14.1. The largest absolute Gasteiger partial charge is 0.506 e. The average Bonchev–Trinajstić information content (AvgIpc) is 2.77. The second-order valence-corrected chi connectivity index (χ2v) is 4.22. The smallest absolute Gasteiger partial charge is 0.177 e. The highest BCUT2D eigenvalue weighted by atomic mass is 16.3. The van der Waals surface area contributed by atoms with Crippen LogP contribution in [0.1, 0.15) is 0 Å². The van der Waals surface area contributed by atoms with Gasteiger partial charge in [-0.3, -0.25) is 5.43 Å². The Balaban J connectivity index is 2.03. The third-order valence-corrected chi connectivity index (χ3v) is 2.94. The highest BCUT2D eigenvalue weighted by molar-refractivity contribution is 6.68. The Hall–Kier alpha value is -3.09. The Morgan fingerprint density at radius 3 is 2.45 bits per heavy atom. The summed E-state index contributed by atoms with van der Waals surface area (Å²) >= 11 is 0. The molecule has 0 saturated heterocycles. The number of hydrogen-bond acceptors (Lipinski definition) is 7. The Morgan fingerprint density at radius 2 is 1.70 bits per heavy atom. The molecule has 20 heavy (non-hydrogen) atoms. The number of amidine groups is 2. The maximum atomic E-state index is 9.96. The van der Waals surface area contributed by atoms with Crippen molar-refractivity contribution < 1.29 is 5.11 Å². The molecule has 1 heterocycles. The first-order chi connectivity index (χ1) is 9.66. The topological polar surface area (TPSA) is 121 Å². The van der Waals surface area contributed by atoms with Crippen molar-refractivity contribution >= 4 is 33.8 Å². The number of hydrogen-bond donors (Lipinski definition) is 4. The number of aromatic hydroxyl groups is 1. The zero-order valence-electron chi connectivity index (χ0n) is 10.4. The minimum Gasteiger partial charge on any atom is -0.506 e. The Morgan fingerprint density at radius 1 is 1.00 bits per heavy atom. The van der Waals surface area contributed by atoms with Gasteiger partial charge in [0, 0.05) is 5.39 Å². The van der Waals surface area contributed by atoms with Crippen LogP contribution in [0.2, 0.25) is 0 Å². The van der Waals surface area contributed by atoms with E-state index in [-0.39, 0.29) is 23.1 Å². The van der Waals surface area contributed by atoms with Crippen molar-refractivity contribution in [2.45, 2.75) is 0 Å². The maximum Gasteiger partial charge on any atom is 0.177 e.